The van der Waals surface area contributed by atoms with Crippen molar-refractivity contribution in [1.29, 1.82) is 0 Å². The molecule has 3 N–H and O–H groups in total. The van der Waals surface area contributed by atoms with Crippen LogP contribution in [0.15, 0.2) is 42.7 Å². The Balaban J connectivity index is 1.44. The number of rotatable bonds is 10. The van der Waals surface area contributed by atoms with E-state index in [0.717, 1.165) is 12.0 Å². The number of aromatic amines is 1. The molecule has 12 heteroatoms. The number of benzene rings is 1. The Hall–Kier alpha value is -4.22. The van der Waals surface area contributed by atoms with Gasteiger partial charge in [0.1, 0.15) is 11.9 Å². The number of nitrogens with one attached hydrogen (secondary N) is 3. The molecule has 0 aliphatic carbocycles. The number of H-pyrrole nitrogens is 1. The molecule has 0 bridgehead atoms. The molecule has 1 aliphatic heterocycles. The van der Waals surface area contributed by atoms with Gasteiger partial charge in [-0.25, -0.2) is 9.97 Å². The molecule has 0 saturated heterocycles. The summed E-state index contributed by atoms with van der Waals surface area (Å²) >= 11 is 0. The van der Waals surface area contributed by atoms with E-state index in [0.29, 0.717) is 30.2 Å². The minimum absolute atomic E-state index is 0.0695. The lowest BCUT2D eigenvalue weighted by atomic mass is 9.88. The van der Waals surface area contributed by atoms with Crippen LogP contribution in [0.3, 0.4) is 0 Å². The lowest BCUT2D eigenvalue weighted by Crippen LogP contribution is -2.51. The van der Waals surface area contributed by atoms with Gasteiger partial charge in [-0.1, -0.05) is 43.7 Å². The van der Waals surface area contributed by atoms with Gasteiger partial charge in [0.25, 0.3) is 0 Å². The van der Waals surface area contributed by atoms with Crippen molar-refractivity contribution in [2.75, 3.05) is 11.4 Å². The van der Waals surface area contributed by atoms with Crippen LogP contribution in [0.4, 0.5) is 5.69 Å². The van der Waals surface area contributed by atoms with Crippen LogP contribution in [0.25, 0.3) is 0 Å². The van der Waals surface area contributed by atoms with Crippen molar-refractivity contribution in [2.24, 2.45) is 11.8 Å². The SMILES string of the molecule is CC[C@H](C)[C@H](Cc1ncccn1)C(=O)NCC(=O)N1c2ccccc2C[C@H]1C(=O)NCc1nn[nH]n1. The Morgan fingerprint density at radius 2 is 1.89 bits per heavy atom. The Bertz CT molecular complexity index is 1190. The molecule has 0 fully saturated rings. The molecule has 188 valence electrons. The Labute approximate surface area is 208 Å². The normalized spacial score (nSPS) is 16.2. The number of tetrazole rings is 1. The van der Waals surface area contributed by atoms with Crippen LogP contribution < -0.4 is 15.5 Å². The molecule has 12 nitrogen and oxygen atoms in total. The topological polar surface area (TPSA) is 159 Å². The number of carbonyl (C=O) groups excluding carboxylic acids is 3. The number of aromatic nitrogens is 6. The van der Waals surface area contributed by atoms with Gasteiger partial charge in [-0.3, -0.25) is 19.3 Å². The van der Waals surface area contributed by atoms with Crippen LogP contribution in [0.1, 0.15) is 37.5 Å². The average molecular weight is 492 g/mol. The van der Waals surface area contributed by atoms with E-state index < -0.39 is 6.04 Å². The molecule has 0 radical (unpaired) electrons. The first-order valence-corrected chi connectivity index (χ1v) is 11.9. The standard InChI is InChI=1S/C24H29N9O3/c1-3-15(2)17(12-20-25-9-6-10-26-20)23(35)28-14-22(34)33-18-8-5-4-7-16(18)11-19(33)24(36)27-13-21-29-31-32-30-21/h4-10,15,17,19H,3,11-14H2,1-2H3,(H,27,36)(H,28,35)(H,29,30,31,32)/t15-,17-,19-/m0/s1. The van der Waals surface area contributed by atoms with E-state index in [9.17, 15) is 14.4 Å². The minimum Gasteiger partial charge on any atom is -0.347 e. The van der Waals surface area contributed by atoms with E-state index in [-0.39, 0.29) is 42.6 Å². The van der Waals surface area contributed by atoms with Gasteiger partial charge in [0.2, 0.25) is 17.7 Å². The Morgan fingerprint density at radius 3 is 2.61 bits per heavy atom. The maximum Gasteiger partial charge on any atom is 0.247 e. The first-order chi connectivity index (χ1) is 17.5. The molecule has 0 unspecified atom stereocenters. The monoisotopic (exact) mass is 491 g/mol. The molecule has 2 aromatic heterocycles. The third-order valence-corrected chi connectivity index (χ3v) is 6.46. The molecule has 1 aliphatic rings. The first-order valence-electron chi connectivity index (χ1n) is 11.9. The zero-order chi connectivity index (χ0) is 25.5. The van der Waals surface area contributed by atoms with E-state index in [1.807, 2.05) is 32.0 Å². The number of carbonyl (C=O) groups is 3. The van der Waals surface area contributed by atoms with E-state index in [2.05, 4.69) is 41.2 Å². The third-order valence-electron chi connectivity index (χ3n) is 6.46. The van der Waals surface area contributed by atoms with E-state index in [1.165, 1.54) is 4.90 Å². The molecule has 3 heterocycles. The molecule has 0 saturated carbocycles. The van der Waals surface area contributed by atoms with Crippen molar-refractivity contribution in [3.8, 4) is 0 Å². The van der Waals surface area contributed by atoms with Gasteiger partial charge in [-0.15, -0.1) is 10.2 Å². The zero-order valence-corrected chi connectivity index (χ0v) is 20.2. The van der Waals surface area contributed by atoms with Crippen LogP contribution in [0, 0.1) is 11.8 Å². The summed E-state index contributed by atoms with van der Waals surface area (Å²) in [7, 11) is 0. The van der Waals surface area contributed by atoms with E-state index in [4.69, 9.17) is 0 Å². The predicted molar refractivity (Wildman–Crippen MR) is 129 cm³/mol. The summed E-state index contributed by atoms with van der Waals surface area (Å²) in [5.41, 5.74) is 1.54. The fourth-order valence-electron chi connectivity index (χ4n) is 4.29. The number of para-hydroxylation sites is 1. The van der Waals surface area contributed by atoms with Crippen molar-refractivity contribution < 1.29 is 14.4 Å². The predicted octanol–water partition coefficient (Wildman–Crippen LogP) is 0.585. The summed E-state index contributed by atoms with van der Waals surface area (Å²) in [6, 6.07) is 8.35. The van der Waals surface area contributed by atoms with Crippen LogP contribution in [0.2, 0.25) is 0 Å². The third kappa shape index (κ3) is 5.70. The average Bonchev–Trinajstić information content (AvgIpc) is 3.57. The molecule has 3 atom stereocenters. The van der Waals surface area contributed by atoms with Crippen molar-refractivity contribution >= 4 is 23.4 Å². The molecule has 0 spiro atoms. The molecule has 4 rings (SSSR count). The molecule has 3 aromatic rings. The van der Waals surface area contributed by atoms with Crippen molar-refractivity contribution in [1.82, 2.24) is 41.2 Å². The van der Waals surface area contributed by atoms with Crippen molar-refractivity contribution in [3.05, 3.63) is 59.9 Å². The van der Waals surface area contributed by atoms with Gasteiger partial charge < -0.3 is 10.6 Å². The number of nitrogens with zero attached hydrogens (tertiary/aromatic N) is 6. The fourth-order valence-corrected chi connectivity index (χ4v) is 4.29. The highest BCUT2D eigenvalue weighted by atomic mass is 16.2. The van der Waals surface area contributed by atoms with Crippen LogP contribution in [-0.2, 0) is 33.8 Å². The molecule has 36 heavy (non-hydrogen) atoms. The smallest absolute Gasteiger partial charge is 0.247 e. The number of hydrogen-bond donors (Lipinski definition) is 3. The second-order valence-electron chi connectivity index (χ2n) is 8.74. The number of fused-ring (bicyclic) bond motifs is 1. The van der Waals surface area contributed by atoms with Crippen LogP contribution >= 0.6 is 0 Å². The summed E-state index contributed by atoms with van der Waals surface area (Å²) < 4.78 is 0. The molecule has 3 amide bonds. The first kappa shape index (κ1) is 24.9. The number of anilines is 1. The quantitative estimate of drug-likeness (QED) is 0.371. The highest BCUT2D eigenvalue weighted by Gasteiger charge is 2.38. The fraction of sp³-hybridized carbons (Fsp3) is 0.417. The Kier molecular flexibility index (Phi) is 7.93. The Morgan fingerprint density at radius 1 is 1.11 bits per heavy atom. The lowest BCUT2D eigenvalue weighted by molar-refractivity contribution is -0.129. The lowest BCUT2D eigenvalue weighted by Gasteiger charge is -2.26. The summed E-state index contributed by atoms with van der Waals surface area (Å²) in [6.07, 6.45) is 4.83. The second kappa shape index (κ2) is 11.5. The van der Waals surface area contributed by atoms with Gasteiger partial charge in [0.15, 0.2) is 5.82 Å². The number of hydrogen-bond acceptors (Lipinski definition) is 8. The summed E-state index contributed by atoms with van der Waals surface area (Å²) in [6.45, 7) is 3.86. The summed E-state index contributed by atoms with van der Waals surface area (Å²) in [4.78, 5) is 49.4. The van der Waals surface area contributed by atoms with Gasteiger partial charge >= 0.3 is 0 Å². The van der Waals surface area contributed by atoms with Gasteiger partial charge in [0, 0.05) is 36.8 Å². The number of amides is 3. The van der Waals surface area contributed by atoms with Crippen LogP contribution in [0.5, 0.6) is 0 Å². The maximum absolute atomic E-state index is 13.3. The molecular formula is C24H29N9O3. The minimum atomic E-state index is -0.748. The van der Waals surface area contributed by atoms with Gasteiger partial charge in [-0.05, 0) is 23.6 Å². The maximum atomic E-state index is 13.3. The largest absolute Gasteiger partial charge is 0.347 e. The molecule has 1 aromatic carbocycles. The van der Waals surface area contributed by atoms with Gasteiger partial charge in [0.05, 0.1) is 13.1 Å². The zero-order valence-electron chi connectivity index (χ0n) is 20.2. The van der Waals surface area contributed by atoms with Crippen molar-refractivity contribution in [2.45, 2.75) is 45.7 Å². The van der Waals surface area contributed by atoms with E-state index in [1.54, 1.807) is 24.5 Å². The molecular weight excluding hydrogens is 462 g/mol. The van der Waals surface area contributed by atoms with Gasteiger partial charge in [-0.2, -0.15) is 5.21 Å². The summed E-state index contributed by atoms with van der Waals surface area (Å²) in [5.74, 6) is -0.347. The highest BCUT2D eigenvalue weighted by molar-refractivity contribution is 6.05. The van der Waals surface area contributed by atoms with Crippen LogP contribution in [-0.4, -0.2) is 60.9 Å². The van der Waals surface area contributed by atoms with E-state index >= 15 is 0 Å². The summed E-state index contributed by atoms with van der Waals surface area (Å²) in [5, 5.41) is 19.0. The van der Waals surface area contributed by atoms with Crippen molar-refractivity contribution in [3.63, 3.8) is 0 Å². The highest BCUT2D eigenvalue weighted by Crippen LogP contribution is 2.32. The second-order valence-corrected chi connectivity index (χ2v) is 8.74.